The van der Waals surface area contributed by atoms with Crippen LogP contribution in [0.4, 0.5) is 0 Å². The van der Waals surface area contributed by atoms with Gasteiger partial charge in [0.25, 0.3) is 5.91 Å². The van der Waals surface area contributed by atoms with Crippen LogP contribution < -0.4 is 5.32 Å². The highest BCUT2D eigenvalue weighted by atomic mass is 16.5. The molecule has 9 atom stereocenters. The minimum Gasteiger partial charge on any atom is -0.508 e. The second kappa shape index (κ2) is 14.0. The van der Waals surface area contributed by atoms with Crippen LogP contribution in [0.5, 0.6) is 11.5 Å². The number of benzene rings is 2. The van der Waals surface area contributed by atoms with E-state index in [0.717, 1.165) is 11.6 Å². The molecule has 7 N–H and O–H groups in total. The van der Waals surface area contributed by atoms with Crippen molar-refractivity contribution in [1.82, 2.24) is 5.32 Å². The van der Waals surface area contributed by atoms with Gasteiger partial charge in [0.15, 0.2) is 12.3 Å². The summed E-state index contributed by atoms with van der Waals surface area (Å²) in [4.78, 5) is 25.6. The molecular weight excluding hydrogens is 586 g/mol. The van der Waals surface area contributed by atoms with Crippen molar-refractivity contribution < 1.29 is 54.4 Å². The fraction of sp³-hybridized carbons (Fsp3) is 0.576. The maximum Gasteiger partial charge on any atom is 0.342 e. The minimum atomic E-state index is -1.59. The predicted octanol–water partition coefficient (Wildman–Crippen LogP) is 1.47. The number of aliphatic hydroxyl groups excluding tert-OH is 4. The third-order valence-electron chi connectivity index (χ3n) is 9.51. The molecule has 1 fully saturated rings. The van der Waals surface area contributed by atoms with E-state index in [2.05, 4.69) is 5.32 Å². The van der Waals surface area contributed by atoms with Gasteiger partial charge in [0.1, 0.15) is 29.3 Å². The van der Waals surface area contributed by atoms with Crippen LogP contribution in [0.2, 0.25) is 0 Å². The van der Waals surface area contributed by atoms with Crippen LogP contribution in [0, 0.1) is 18.3 Å². The molecule has 12 heteroatoms. The first-order valence-electron chi connectivity index (χ1n) is 15.2. The Balaban J connectivity index is 1.41. The zero-order chi connectivity index (χ0) is 33.2. The van der Waals surface area contributed by atoms with Crippen LogP contribution in [-0.4, -0.2) is 98.6 Å². The van der Waals surface area contributed by atoms with Crippen LogP contribution in [0.1, 0.15) is 60.7 Å². The molecule has 0 aliphatic carbocycles. The van der Waals surface area contributed by atoms with Crippen molar-refractivity contribution in [2.45, 2.75) is 102 Å². The number of fused-ring (bicyclic) bond motifs is 1. The van der Waals surface area contributed by atoms with Gasteiger partial charge in [0.2, 0.25) is 0 Å². The average molecular weight is 632 g/mol. The number of phenolic OH excluding ortho intramolecular Hbond substituents is 2. The van der Waals surface area contributed by atoms with Crippen LogP contribution in [0.15, 0.2) is 36.4 Å². The highest BCUT2D eigenvalue weighted by Crippen LogP contribution is 2.42. The predicted molar refractivity (Wildman–Crippen MR) is 161 cm³/mol. The van der Waals surface area contributed by atoms with E-state index in [-0.39, 0.29) is 42.7 Å². The number of aromatic hydroxyl groups is 2. The Morgan fingerprint density at radius 1 is 1.11 bits per heavy atom. The second-order valence-electron chi connectivity index (χ2n) is 12.8. The van der Waals surface area contributed by atoms with Gasteiger partial charge in [-0.3, -0.25) is 4.79 Å². The number of ether oxygens (including phenoxy) is 3. The first-order chi connectivity index (χ1) is 21.1. The van der Waals surface area contributed by atoms with Crippen LogP contribution in [-0.2, 0) is 31.8 Å². The molecule has 2 aromatic carbocycles. The normalized spacial score (nSPS) is 26.1. The average Bonchev–Trinajstić information content (AvgIpc) is 3.00. The Kier molecular flexibility index (Phi) is 10.8. The summed E-state index contributed by atoms with van der Waals surface area (Å²) in [6, 6.07) is 10.3. The van der Waals surface area contributed by atoms with Gasteiger partial charge in [-0.05, 0) is 23.6 Å². The quantitative estimate of drug-likeness (QED) is 0.140. The number of esters is 1. The van der Waals surface area contributed by atoms with E-state index in [1.807, 2.05) is 30.3 Å². The van der Waals surface area contributed by atoms with Crippen LogP contribution >= 0.6 is 0 Å². The Morgan fingerprint density at radius 2 is 1.78 bits per heavy atom. The molecule has 12 nitrogen and oxygen atoms in total. The van der Waals surface area contributed by atoms with E-state index in [4.69, 9.17) is 14.2 Å². The number of methoxy groups -OCH3 is 1. The lowest BCUT2D eigenvalue weighted by atomic mass is 9.73. The molecule has 1 saturated heterocycles. The lowest BCUT2D eigenvalue weighted by Crippen LogP contribution is -2.59. The number of carbonyl (C=O) groups is 2. The monoisotopic (exact) mass is 631 g/mol. The first-order valence-corrected chi connectivity index (χ1v) is 15.2. The standard InChI is InChI=1S/C33H45NO11/c1-16-19-12-23(45-32(42)28(19)22(37)13-20(16)35)17(2)21(36)14-27-33(3,4)26(38)15-25(44-27)30(40)34-31(41)29(39)24(43-5)11-18-9-7-6-8-10-18/h6-10,13,17,21,23-27,29-30,35-40H,11-12,14-15H2,1-5H3,(H,34,41)/t17-,21+,23-,24+,25?,26-,27?,29?,30-/m1/s1. The van der Waals surface area contributed by atoms with E-state index >= 15 is 0 Å². The molecule has 1 amide bonds. The molecule has 0 spiro atoms. The molecule has 0 bridgehead atoms. The van der Waals surface area contributed by atoms with Gasteiger partial charge in [0.05, 0.1) is 24.4 Å². The van der Waals surface area contributed by atoms with Gasteiger partial charge in [-0.25, -0.2) is 4.79 Å². The topological polar surface area (TPSA) is 195 Å². The molecule has 2 aliphatic heterocycles. The summed E-state index contributed by atoms with van der Waals surface area (Å²) in [6.07, 6.45) is -8.32. The van der Waals surface area contributed by atoms with Crippen LogP contribution in [0.3, 0.4) is 0 Å². The molecule has 0 aromatic heterocycles. The third-order valence-corrected chi connectivity index (χ3v) is 9.51. The number of rotatable bonds is 11. The molecular formula is C33H45NO11. The van der Waals surface area contributed by atoms with E-state index in [1.54, 1.807) is 27.7 Å². The zero-order valence-corrected chi connectivity index (χ0v) is 26.2. The lowest BCUT2D eigenvalue weighted by molar-refractivity contribution is -0.213. The number of cyclic esters (lactones) is 1. The molecule has 2 aliphatic rings. The van der Waals surface area contributed by atoms with Crippen molar-refractivity contribution in [1.29, 1.82) is 0 Å². The van der Waals surface area contributed by atoms with Crippen molar-refractivity contribution in [3.8, 4) is 11.5 Å². The number of hydrogen-bond acceptors (Lipinski definition) is 11. The fourth-order valence-corrected chi connectivity index (χ4v) is 6.11. The highest BCUT2D eigenvalue weighted by molar-refractivity contribution is 5.96. The maximum absolute atomic E-state index is 12.9. The largest absolute Gasteiger partial charge is 0.508 e. The number of nitrogens with one attached hydrogen (secondary N) is 1. The number of aliphatic hydroxyl groups is 4. The number of phenols is 2. The van der Waals surface area contributed by atoms with Gasteiger partial charge < -0.3 is 50.2 Å². The Labute approximate surface area is 262 Å². The lowest BCUT2D eigenvalue weighted by Gasteiger charge is -2.48. The molecule has 4 rings (SSSR count). The highest BCUT2D eigenvalue weighted by Gasteiger charge is 2.48. The maximum atomic E-state index is 12.9. The summed E-state index contributed by atoms with van der Waals surface area (Å²) in [5, 5.41) is 66.6. The summed E-state index contributed by atoms with van der Waals surface area (Å²) >= 11 is 0. The third kappa shape index (κ3) is 7.43. The van der Waals surface area contributed by atoms with E-state index in [0.29, 0.717) is 11.1 Å². The summed E-state index contributed by atoms with van der Waals surface area (Å²) in [6.45, 7) is 6.87. The van der Waals surface area contributed by atoms with Gasteiger partial charge >= 0.3 is 5.97 Å². The summed E-state index contributed by atoms with van der Waals surface area (Å²) in [7, 11) is 1.38. The Bertz CT molecular complexity index is 1350. The summed E-state index contributed by atoms with van der Waals surface area (Å²) in [5.74, 6) is -2.78. The SMILES string of the molecule is CO[C@@H](Cc1ccccc1)C(O)C(=O)N[C@H](O)C1C[C@@H](O)C(C)(C)C(C[C@H](O)[C@@H](C)[C@H]2Cc3c(C)c(O)cc(O)c3C(=O)O2)O1. The van der Waals surface area contributed by atoms with E-state index in [9.17, 15) is 40.2 Å². The number of carbonyl (C=O) groups excluding carboxylic acids is 2. The van der Waals surface area contributed by atoms with Crippen molar-refractivity contribution >= 4 is 11.9 Å². The summed E-state index contributed by atoms with van der Waals surface area (Å²) < 4.78 is 17.1. The smallest absolute Gasteiger partial charge is 0.342 e. The van der Waals surface area contributed by atoms with Gasteiger partial charge in [0, 0.05) is 50.2 Å². The van der Waals surface area contributed by atoms with Gasteiger partial charge in [-0.2, -0.15) is 0 Å². The second-order valence-corrected chi connectivity index (χ2v) is 12.8. The van der Waals surface area contributed by atoms with Crippen molar-refractivity contribution in [3.05, 3.63) is 58.7 Å². The summed E-state index contributed by atoms with van der Waals surface area (Å²) in [5.41, 5.74) is 0.863. The molecule has 3 unspecified atom stereocenters. The van der Waals surface area contributed by atoms with Crippen molar-refractivity contribution in [2.24, 2.45) is 11.3 Å². The molecule has 2 aromatic rings. The Hall–Kier alpha value is -3.26. The van der Waals surface area contributed by atoms with E-state index in [1.165, 1.54) is 7.11 Å². The zero-order valence-electron chi connectivity index (χ0n) is 26.2. The van der Waals surface area contributed by atoms with Gasteiger partial charge in [-0.1, -0.05) is 51.1 Å². The fourth-order valence-electron chi connectivity index (χ4n) is 6.11. The molecule has 0 saturated carbocycles. The van der Waals surface area contributed by atoms with E-state index < -0.39 is 72.2 Å². The van der Waals surface area contributed by atoms with Gasteiger partial charge in [-0.15, -0.1) is 0 Å². The molecule has 0 radical (unpaired) electrons. The Morgan fingerprint density at radius 3 is 2.42 bits per heavy atom. The number of amides is 1. The minimum absolute atomic E-state index is 0.000970. The molecule has 45 heavy (non-hydrogen) atoms. The van der Waals surface area contributed by atoms with Crippen LogP contribution in [0.25, 0.3) is 0 Å². The molecule has 248 valence electrons. The molecule has 2 heterocycles. The van der Waals surface area contributed by atoms with Crippen molar-refractivity contribution in [2.75, 3.05) is 7.11 Å². The first kappa shape index (κ1) is 34.6. The van der Waals surface area contributed by atoms with Crippen molar-refractivity contribution in [3.63, 3.8) is 0 Å². The number of hydrogen-bond donors (Lipinski definition) is 7.